The number of nitrogens with zero attached hydrogens (tertiary/aromatic N) is 2. The van der Waals surface area contributed by atoms with E-state index < -0.39 is 0 Å². The van der Waals surface area contributed by atoms with Crippen molar-refractivity contribution in [3.8, 4) is 0 Å². The summed E-state index contributed by atoms with van der Waals surface area (Å²) in [7, 11) is 0. The molecular weight excluding hydrogens is 344 g/mol. The number of amides is 1. The van der Waals surface area contributed by atoms with Crippen LogP contribution in [0.15, 0.2) is 89.1 Å². The zero-order valence-electron chi connectivity index (χ0n) is 17.2. The first-order chi connectivity index (χ1) is 13.5. The smallest absolute Gasteiger partial charge is 0.254 e. The molecule has 1 fully saturated rings. The van der Waals surface area contributed by atoms with Gasteiger partial charge in [-0.3, -0.25) is 9.79 Å². The van der Waals surface area contributed by atoms with Crippen LogP contribution in [0.25, 0.3) is 0 Å². The second kappa shape index (κ2) is 10.4. The Morgan fingerprint density at radius 1 is 1.21 bits per heavy atom. The molecule has 1 aliphatic rings. The summed E-state index contributed by atoms with van der Waals surface area (Å²) in [6.45, 7) is 15.0. The third kappa shape index (κ3) is 5.29. The largest absolute Gasteiger partial charge is 0.330 e. The molecule has 1 aliphatic heterocycles. The Hall–Kier alpha value is -2.94. The van der Waals surface area contributed by atoms with Crippen molar-refractivity contribution < 1.29 is 4.79 Å². The fourth-order valence-electron chi connectivity index (χ4n) is 3.28. The monoisotopic (exact) mass is 374 g/mol. The lowest BCUT2D eigenvalue weighted by molar-refractivity contribution is -0.125. The summed E-state index contributed by atoms with van der Waals surface area (Å²) in [4.78, 5) is 18.8. The SMILES string of the molecule is C=CN=CC(=C)/C(=C/C)CC=C1CN(Cc2ccc(CC)cc2)C(=O)/C1=C\C. The molecule has 0 aliphatic carbocycles. The number of benzene rings is 1. The minimum atomic E-state index is 0.0994. The first-order valence-electron chi connectivity index (χ1n) is 9.75. The van der Waals surface area contributed by atoms with Gasteiger partial charge in [0.05, 0.1) is 0 Å². The van der Waals surface area contributed by atoms with Gasteiger partial charge < -0.3 is 4.90 Å². The molecule has 0 saturated carbocycles. The van der Waals surface area contributed by atoms with E-state index in [4.69, 9.17) is 0 Å². The molecule has 3 heteroatoms. The van der Waals surface area contributed by atoms with E-state index in [0.717, 1.165) is 40.7 Å². The van der Waals surface area contributed by atoms with Crippen LogP contribution in [0, 0.1) is 0 Å². The number of rotatable bonds is 8. The quantitative estimate of drug-likeness (QED) is 0.332. The second-order valence-electron chi connectivity index (χ2n) is 6.77. The zero-order chi connectivity index (χ0) is 20.5. The molecule has 1 amide bonds. The molecule has 0 radical (unpaired) electrons. The van der Waals surface area contributed by atoms with E-state index in [1.165, 1.54) is 11.8 Å². The third-order valence-electron chi connectivity index (χ3n) is 4.98. The maximum Gasteiger partial charge on any atom is 0.254 e. The summed E-state index contributed by atoms with van der Waals surface area (Å²) >= 11 is 0. The maximum absolute atomic E-state index is 12.8. The highest BCUT2D eigenvalue weighted by atomic mass is 16.2. The van der Waals surface area contributed by atoms with Gasteiger partial charge in [0, 0.05) is 31.1 Å². The Morgan fingerprint density at radius 2 is 1.89 bits per heavy atom. The van der Waals surface area contributed by atoms with E-state index >= 15 is 0 Å². The number of aryl methyl sites for hydroxylation is 1. The summed E-state index contributed by atoms with van der Waals surface area (Å²) in [5.74, 6) is 0.0994. The number of carbonyl (C=O) groups is 1. The number of hydrogen-bond acceptors (Lipinski definition) is 2. The van der Waals surface area contributed by atoms with Crippen LogP contribution in [0.5, 0.6) is 0 Å². The summed E-state index contributed by atoms with van der Waals surface area (Å²) in [6, 6.07) is 8.50. The van der Waals surface area contributed by atoms with Crippen LogP contribution in [-0.2, 0) is 17.8 Å². The van der Waals surface area contributed by atoms with Crippen LogP contribution >= 0.6 is 0 Å². The molecule has 3 nitrogen and oxygen atoms in total. The Labute approximate surface area is 169 Å². The third-order valence-corrected chi connectivity index (χ3v) is 4.98. The molecule has 1 heterocycles. The summed E-state index contributed by atoms with van der Waals surface area (Å²) in [6.07, 6.45) is 11.0. The molecule has 0 atom stereocenters. The number of carbonyl (C=O) groups excluding carboxylic acids is 1. The number of hydrogen-bond donors (Lipinski definition) is 0. The van der Waals surface area contributed by atoms with Gasteiger partial charge in [-0.15, -0.1) is 0 Å². The average Bonchev–Trinajstić information content (AvgIpc) is 3.01. The van der Waals surface area contributed by atoms with Gasteiger partial charge >= 0.3 is 0 Å². The molecule has 1 aromatic rings. The van der Waals surface area contributed by atoms with Crippen LogP contribution in [0.2, 0.25) is 0 Å². The van der Waals surface area contributed by atoms with Crippen molar-refractivity contribution in [2.75, 3.05) is 6.54 Å². The first-order valence-corrected chi connectivity index (χ1v) is 9.75. The van der Waals surface area contributed by atoms with Crippen molar-refractivity contribution in [2.45, 2.75) is 40.2 Å². The van der Waals surface area contributed by atoms with Gasteiger partial charge in [0.25, 0.3) is 5.91 Å². The zero-order valence-corrected chi connectivity index (χ0v) is 17.2. The second-order valence-corrected chi connectivity index (χ2v) is 6.77. The van der Waals surface area contributed by atoms with Crippen LogP contribution in [0.1, 0.15) is 38.3 Å². The molecule has 1 saturated heterocycles. The normalized spacial score (nSPS) is 17.9. The summed E-state index contributed by atoms with van der Waals surface area (Å²) < 4.78 is 0. The molecule has 28 heavy (non-hydrogen) atoms. The van der Waals surface area contributed by atoms with Gasteiger partial charge in [0.2, 0.25) is 0 Å². The number of likely N-dealkylation sites (tertiary alicyclic amines) is 1. The van der Waals surface area contributed by atoms with Crippen LogP contribution in [-0.4, -0.2) is 23.6 Å². The lowest BCUT2D eigenvalue weighted by atomic mass is 10.0. The van der Waals surface area contributed by atoms with Gasteiger partial charge in [0.15, 0.2) is 0 Å². The lowest BCUT2D eigenvalue weighted by Gasteiger charge is -2.15. The highest BCUT2D eigenvalue weighted by Crippen LogP contribution is 2.27. The fraction of sp³-hybridized carbons (Fsp3) is 0.280. The minimum absolute atomic E-state index is 0.0994. The first kappa shape index (κ1) is 21.4. The van der Waals surface area contributed by atoms with Gasteiger partial charge in [-0.25, -0.2) is 0 Å². The van der Waals surface area contributed by atoms with Gasteiger partial charge in [-0.2, -0.15) is 0 Å². The van der Waals surface area contributed by atoms with Gasteiger partial charge in [-0.05, 0) is 54.5 Å². The standard InChI is InChI=1S/C25H30N2O/c1-6-20-10-12-21(13-11-20)17-27-18-23(24(8-3)25(27)28)15-14-22(7-2)19(5)16-26-9-4/h7-13,15-16H,4-6,14,17-18H2,1-3H3/b22-7+,23-15?,24-8-,26-16?. The number of aliphatic imine (C=N–C) groups is 1. The fourth-order valence-corrected chi connectivity index (χ4v) is 3.28. The van der Waals surface area contributed by atoms with Crippen molar-refractivity contribution in [3.63, 3.8) is 0 Å². The van der Waals surface area contributed by atoms with Crippen molar-refractivity contribution in [2.24, 2.45) is 4.99 Å². The maximum atomic E-state index is 12.8. The van der Waals surface area contributed by atoms with Crippen molar-refractivity contribution in [1.29, 1.82) is 0 Å². The predicted octanol–water partition coefficient (Wildman–Crippen LogP) is 5.57. The Morgan fingerprint density at radius 3 is 2.46 bits per heavy atom. The van der Waals surface area contributed by atoms with Crippen LogP contribution in [0.4, 0.5) is 0 Å². The van der Waals surface area contributed by atoms with E-state index in [-0.39, 0.29) is 5.91 Å². The number of allylic oxidation sites excluding steroid dienone is 5. The Bertz CT molecular complexity index is 851. The molecular formula is C25H30N2O. The van der Waals surface area contributed by atoms with Crippen molar-refractivity contribution >= 4 is 12.1 Å². The van der Waals surface area contributed by atoms with Crippen LogP contribution < -0.4 is 0 Å². The topological polar surface area (TPSA) is 32.7 Å². The van der Waals surface area contributed by atoms with Crippen molar-refractivity contribution in [1.82, 2.24) is 4.90 Å². The molecule has 2 rings (SSSR count). The molecule has 0 N–H and O–H groups in total. The van der Waals surface area contributed by atoms with Gasteiger partial charge in [-0.1, -0.05) is 62.6 Å². The van der Waals surface area contributed by atoms with E-state index in [0.29, 0.717) is 13.1 Å². The van der Waals surface area contributed by atoms with E-state index in [2.05, 4.69) is 55.4 Å². The molecule has 1 aromatic carbocycles. The highest BCUT2D eigenvalue weighted by Gasteiger charge is 2.29. The lowest BCUT2D eigenvalue weighted by Crippen LogP contribution is -2.24. The molecule has 0 aromatic heterocycles. The van der Waals surface area contributed by atoms with E-state index in [1.807, 2.05) is 30.9 Å². The predicted molar refractivity (Wildman–Crippen MR) is 119 cm³/mol. The van der Waals surface area contributed by atoms with Crippen molar-refractivity contribution in [3.05, 3.63) is 95.3 Å². The van der Waals surface area contributed by atoms with Crippen LogP contribution in [0.3, 0.4) is 0 Å². The average molecular weight is 375 g/mol. The molecule has 146 valence electrons. The minimum Gasteiger partial charge on any atom is -0.330 e. The Balaban J connectivity index is 2.13. The molecule has 0 bridgehead atoms. The molecule has 0 spiro atoms. The Kier molecular flexibility index (Phi) is 7.94. The van der Waals surface area contributed by atoms with E-state index in [1.54, 1.807) is 6.21 Å². The summed E-state index contributed by atoms with van der Waals surface area (Å²) in [5, 5.41) is 0. The summed E-state index contributed by atoms with van der Waals surface area (Å²) in [5.41, 5.74) is 6.29. The molecule has 0 unspecified atom stereocenters. The highest BCUT2D eigenvalue weighted by molar-refractivity contribution is 6.01. The van der Waals surface area contributed by atoms with E-state index in [9.17, 15) is 4.79 Å². The van der Waals surface area contributed by atoms with Gasteiger partial charge in [0.1, 0.15) is 0 Å².